The monoisotopic (exact) mass is 950 g/mol. The molecule has 0 aliphatic heterocycles. The highest BCUT2D eigenvalue weighted by atomic mass is 32.2. The first-order valence-corrected chi connectivity index (χ1v) is 24.8. The van der Waals surface area contributed by atoms with Crippen LogP contribution in [0.5, 0.6) is 23.0 Å². The molecule has 0 saturated carbocycles. The van der Waals surface area contributed by atoms with Crippen molar-refractivity contribution in [3.8, 4) is 34.1 Å². The minimum atomic E-state index is -4.28. The van der Waals surface area contributed by atoms with E-state index in [-0.39, 0.29) is 44.3 Å². The van der Waals surface area contributed by atoms with Gasteiger partial charge in [0.05, 0.1) is 11.5 Å². The van der Waals surface area contributed by atoms with Crippen molar-refractivity contribution in [2.75, 3.05) is 32.8 Å². The van der Waals surface area contributed by atoms with E-state index < -0.39 is 52.5 Å². The number of hydrogen-bond donors (Lipinski definition) is 4. The van der Waals surface area contributed by atoms with Crippen LogP contribution in [0.3, 0.4) is 0 Å². The van der Waals surface area contributed by atoms with Crippen LogP contribution < -0.4 is 38.0 Å². The molecule has 0 unspecified atom stereocenters. The van der Waals surface area contributed by atoms with E-state index in [2.05, 4.69) is 21.3 Å². The molecule has 64 heavy (non-hydrogen) atoms. The number of nitrogens with one attached hydrogen (secondary N) is 4. The van der Waals surface area contributed by atoms with Crippen LogP contribution in [0.2, 0.25) is 0 Å². The molecule has 18 nitrogen and oxygen atoms in total. The predicted octanol–water partition coefficient (Wildman–Crippen LogP) is 7.63. The quantitative estimate of drug-likeness (QED) is 0.0641. The Kier molecular flexibility index (Phi) is 14.1. The molecule has 6 aromatic carbocycles. The fraction of sp³-hybridized carbons (Fsp3) is 0.0952. The lowest BCUT2D eigenvalue weighted by molar-refractivity contribution is 0.261. The first kappa shape index (κ1) is 46.4. The maximum atomic E-state index is 13.1. The summed E-state index contributed by atoms with van der Waals surface area (Å²) < 4.78 is 119. The summed E-state index contributed by atoms with van der Waals surface area (Å²) in [5, 5.41) is 10.3. The molecule has 4 N–H and O–H groups in total. The number of anilines is 4. The van der Waals surface area contributed by atoms with Crippen LogP contribution in [0, 0.1) is 0 Å². The smallest absolute Gasteiger partial charge is 0.339 e. The van der Waals surface area contributed by atoms with Gasteiger partial charge in [0.15, 0.2) is 0 Å². The van der Waals surface area contributed by atoms with Gasteiger partial charge in [-0.2, -0.15) is 33.7 Å². The molecule has 0 heterocycles. The van der Waals surface area contributed by atoms with E-state index in [1.807, 2.05) is 0 Å². The molecule has 0 atom stereocenters. The molecule has 4 amide bonds. The largest absolute Gasteiger partial charge is 0.382 e. The fourth-order valence-electron chi connectivity index (χ4n) is 5.35. The van der Waals surface area contributed by atoms with Crippen LogP contribution in [-0.2, 0) is 40.5 Å². The van der Waals surface area contributed by atoms with Crippen LogP contribution >= 0.6 is 0 Å². The van der Waals surface area contributed by atoms with Crippen LogP contribution in [0.15, 0.2) is 155 Å². The highest BCUT2D eigenvalue weighted by Crippen LogP contribution is 2.28. The molecule has 0 bridgehead atoms. The molecule has 0 spiro atoms. The topological polar surface area (TPSA) is 256 Å². The Morgan fingerprint density at radius 3 is 0.828 bits per heavy atom. The van der Waals surface area contributed by atoms with Crippen LogP contribution in [0.4, 0.5) is 32.3 Å². The molecule has 0 aliphatic carbocycles. The molecule has 6 rings (SSSR count). The van der Waals surface area contributed by atoms with Crippen molar-refractivity contribution in [1.82, 2.24) is 0 Å². The van der Waals surface area contributed by atoms with Crippen LogP contribution in [-0.4, -0.2) is 57.2 Å². The third-order valence-corrected chi connectivity index (χ3v) is 13.5. The number of amides is 4. The first-order chi connectivity index (χ1) is 30.3. The van der Waals surface area contributed by atoms with Crippen molar-refractivity contribution < 1.29 is 60.0 Å². The third kappa shape index (κ3) is 12.9. The predicted molar refractivity (Wildman–Crippen MR) is 239 cm³/mol. The number of hydrogen-bond acceptors (Lipinski definition) is 14. The van der Waals surface area contributed by atoms with Gasteiger partial charge in [-0.3, -0.25) is 0 Å². The van der Waals surface area contributed by atoms with E-state index in [0.29, 0.717) is 33.9 Å². The van der Waals surface area contributed by atoms with E-state index in [1.165, 1.54) is 159 Å². The standard InChI is InChI=1S/C42H38N4O14S4/c1-3-61(49,50)57-35-17-9-31(10-18-35)43-41(47)45-33-13-21-37(22-14-33)59-63(53,54)39-25-5-29(6-26-39)30-7-27-40(28-8-30)64(55,56)60-38-23-15-34(16-24-38)46-42(48)44-32-11-19-36(20-12-32)58-62(51,52)4-2/h5-28H,3-4H2,1-2H3,(H2,43,45,47)(H2,44,46,48). The second-order valence-corrected chi connectivity index (χ2v) is 20.1. The molecule has 0 fully saturated rings. The lowest BCUT2D eigenvalue weighted by Gasteiger charge is -2.11. The number of urea groups is 2. The maximum absolute atomic E-state index is 13.1. The van der Waals surface area contributed by atoms with Gasteiger partial charge in [0.1, 0.15) is 32.8 Å². The average molecular weight is 951 g/mol. The Hall–Kier alpha value is -7.14. The number of carbonyl (C=O) groups is 2. The average Bonchev–Trinajstić information content (AvgIpc) is 3.26. The van der Waals surface area contributed by atoms with E-state index in [1.54, 1.807) is 0 Å². The summed E-state index contributed by atoms with van der Waals surface area (Å²) >= 11 is 0. The second kappa shape index (κ2) is 19.5. The van der Waals surface area contributed by atoms with Crippen molar-refractivity contribution >= 4 is 75.3 Å². The van der Waals surface area contributed by atoms with Gasteiger partial charge in [-0.25, -0.2) is 9.59 Å². The molecule has 0 aliphatic rings. The number of carbonyl (C=O) groups excluding carboxylic acids is 2. The number of benzene rings is 6. The van der Waals surface area contributed by atoms with Crippen molar-refractivity contribution in [2.45, 2.75) is 23.6 Å². The van der Waals surface area contributed by atoms with Gasteiger partial charge in [0.2, 0.25) is 0 Å². The Labute approximate surface area is 369 Å². The highest BCUT2D eigenvalue weighted by Gasteiger charge is 2.20. The van der Waals surface area contributed by atoms with Crippen molar-refractivity contribution in [2.24, 2.45) is 0 Å². The SMILES string of the molecule is CCS(=O)(=O)Oc1ccc(NC(=O)Nc2ccc(OS(=O)(=O)c3ccc(-c4ccc(S(=O)(=O)Oc5ccc(NC(=O)Nc6ccc(OS(=O)(=O)CC)cc6)cc5)cc4)cc3)cc2)cc1. The summed E-state index contributed by atoms with van der Waals surface area (Å²) in [5.41, 5.74) is 2.51. The van der Waals surface area contributed by atoms with Gasteiger partial charge in [-0.1, -0.05) is 24.3 Å². The van der Waals surface area contributed by atoms with Gasteiger partial charge >= 0.3 is 52.5 Å². The molecule has 0 radical (unpaired) electrons. The second-order valence-electron chi connectivity index (χ2n) is 13.2. The van der Waals surface area contributed by atoms with E-state index in [4.69, 9.17) is 16.7 Å². The summed E-state index contributed by atoms with van der Waals surface area (Å²) in [6.07, 6.45) is 0. The van der Waals surface area contributed by atoms with Crippen molar-refractivity contribution in [3.63, 3.8) is 0 Å². The zero-order valence-electron chi connectivity index (χ0n) is 33.6. The van der Waals surface area contributed by atoms with E-state index in [0.717, 1.165) is 0 Å². The zero-order valence-corrected chi connectivity index (χ0v) is 36.9. The summed E-state index contributed by atoms with van der Waals surface area (Å²) in [5.74, 6) is -0.258. The summed E-state index contributed by atoms with van der Waals surface area (Å²) in [7, 11) is -15.9. The molecule has 334 valence electrons. The lowest BCUT2D eigenvalue weighted by atomic mass is 10.1. The van der Waals surface area contributed by atoms with Crippen molar-refractivity contribution in [3.05, 3.63) is 146 Å². The summed E-state index contributed by atoms with van der Waals surface area (Å²) in [6, 6.07) is 32.7. The Balaban J connectivity index is 0.979. The Morgan fingerprint density at radius 2 is 0.594 bits per heavy atom. The van der Waals surface area contributed by atoms with Gasteiger partial charge in [0, 0.05) is 22.7 Å². The highest BCUT2D eigenvalue weighted by molar-refractivity contribution is 7.87. The Bertz CT molecular complexity index is 2850. The first-order valence-electron chi connectivity index (χ1n) is 18.8. The minimum absolute atomic E-state index is 0.0249. The molecule has 22 heteroatoms. The third-order valence-electron chi connectivity index (χ3n) is 8.63. The zero-order chi connectivity index (χ0) is 46.1. The van der Waals surface area contributed by atoms with E-state index in [9.17, 15) is 43.3 Å². The molecule has 6 aromatic rings. The normalized spacial score (nSPS) is 11.7. The minimum Gasteiger partial charge on any atom is -0.382 e. The van der Waals surface area contributed by atoms with Gasteiger partial charge in [-0.15, -0.1) is 0 Å². The number of rotatable bonds is 17. The lowest BCUT2D eigenvalue weighted by Crippen LogP contribution is -2.19. The Morgan fingerprint density at radius 1 is 0.359 bits per heavy atom. The molecular formula is C42H38N4O14S4. The molecule has 0 aromatic heterocycles. The maximum Gasteiger partial charge on any atom is 0.339 e. The van der Waals surface area contributed by atoms with Crippen LogP contribution in [0.1, 0.15) is 13.8 Å². The summed E-state index contributed by atoms with van der Waals surface area (Å²) in [4.78, 5) is 24.6. The van der Waals surface area contributed by atoms with E-state index >= 15 is 0 Å². The van der Waals surface area contributed by atoms with Crippen LogP contribution in [0.25, 0.3) is 11.1 Å². The summed E-state index contributed by atoms with van der Waals surface area (Å²) in [6.45, 7) is 2.89. The van der Waals surface area contributed by atoms with Gasteiger partial charge < -0.3 is 38.0 Å². The molecule has 0 saturated heterocycles. The van der Waals surface area contributed by atoms with Gasteiger partial charge in [-0.05, 0) is 146 Å². The fourth-order valence-corrected chi connectivity index (χ4v) is 8.26. The van der Waals surface area contributed by atoms with Gasteiger partial charge in [0.25, 0.3) is 0 Å². The van der Waals surface area contributed by atoms with Crippen molar-refractivity contribution in [1.29, 1.82) is 0 Å². The molecular weight excluding hydrogens is 913 g/mol.